The van der Waals surface area contributed by atoms with Crippen LogP contribution < -0.4 is 5.32 Å². The van der Waals surface area contributed by atoms with E-state index < -0.39 is 0 Å². The lowest BCUT2D eigenvalue weighted by Gasteiger charge is -2.32. The first kappa shape index (κ1) is 12.6. The normalized spacial score (nSPS) is 20.4. The zero-order chi connectivity index (χ0) is 12.3. The Labute approximate surface area is 110 Å². The Morgan fingerprint density at radius 3 is 2.94 bits per heavy atom. The van der Waals surface area contributed by atoms with Gasteiger partial charge in [-0.05, 0) is 48.0 Å². The van der Waals surface area contributed by atoms with Crippen molar-refractivity contribution in [2.75, 3.05) is 20.1 Å². The largest absolute Gasteiger partial charge is 0.337 e. The lowest BCUT2D eigenvalue weighted by molar-refractivity contribution is 0.0697. The molecule has 4 heteroatoms. The molecule has 1 aromatic carbocycles. The van der Waals surface area contributed by atoms with Gasteiger partial charge in [-0.3, -0.25) is 4.79 Å². The van der Waals surface area contributed by atoms with Crippen LogP contribution in [-0.2, 0) is 0 Å². The number of hydrogen-bond acceptors (Lipinski definition) is 2. The highest BCUT2D eigenvalue weighted by Gasteiger charge is 2.24. The number of halogens is 1. The van der Waals surface area contributed by atoms with Crippen LogP contribution in [0.4, 0.5) is 0 Å². The van der Waals surface area contributed by atoms with Crippen LogP contribution in [-0.4, -0.2) is 37.0 Å². The summed E-state index contributed by atoms with van der Waals surface area (Å²) in [6.45, 7) is 1.66. The molecule has 0 saturated carbocycles. The number of benzene rings is 1. The minimum Gasteiger partial charge on any atom is -0.337 e. The van der Waals surface area contributed by atoms with E-state index in [1.54, 1.807) is 0 Å². The Balaban J connectivity index is 2.12. The average Bonchev–Trinajstić information content (AvgIpc) is 2.38. The van der Waals surface area contributed by atoms with Gasteiger partial charge in [0, 0.05) is 23.6 Å². The minimum absolute atomic E-state index is 0.123. The van der Waals surface area contributed by atoms with Crippen LogP contribution in [0.5, 0.6) is 0 Å². The third-order valence-corrected chi connectivity index (χ3v) is 3.91. The molecule has 0 radical (unpaired) electrons. The Bertz CT molecular complexity index is 408. The molecule has 0 spiro atoms. The summed E-state index contributed by atoms with van der Waals surface area (Å²) in [5.74, 6) is 0.123. The van der Waals surface area contributed by atoms with Crippen molar-refractivity contribution in [2.24, 2.45) is 0 Å². The van der Waals surface area contributed by atoms with E-state index in [1.165, 1.54) is 0 Å². The number of rotatable bonds is 2. The quantitative estimate of drug-likeness (QED) is 0.908. The second-order valence-corrected chi connectivity index (χ2v) is 5.21. The summed E-state index contributed by atoms with van der Waals surface area (Å²) in [5, 5.41) is 3.25. The monoisotopic (exact) mass is 296 g/mol. The lowest BCUT2D eigenvalue weighted by Crippen LogP contribution is -2.47. The van der Waals surface area contributed by atoms with Crippen LogP contribution in [0.1, 0.15) is 23.2 Å². The zero-order valence-electron chi connectivity index (χ0n) is 9.95. The maximum atomic E-state index is 12.4. The Kier molecular flexibility index (Phi) is 4.18. The smallest absolute Gasteiger partial charge is 0.255 e. The van der Waals surface area contributed by atoms with Crippen molar-refractivity contribution in [3.05, 3.63) is 34.3 Å². The number of nitrogens with zero attached hydrogens (tertiary/aromatic N) is 1. The minimum atomic E-state index is 0.123. The first-order valence-electron chi connectivity index (χ1n) is 5.93. The van der Waals surface area contributed by atoms with E-state index >= 15 is 0 Å². The fourth-order valence-corrected chi connectivity index (χ4v) is 2.66. The van der Waals surface area contributed by atoms with Crippen molar-refractivity contribution in [1.29, 1.82) is 0 Å². The highest BCUT2D eigenvalue weighted by Crippen LogP contribution is 2.20. The predicted octanol–water partition coefficient (Wildman–Crippen LogP) is 2.27. The summed E-state index contributed by atoms with van der Waals surface area (Å²) < 4.78 is 0.872. The summed E-state index contributed by atoms with van der Waals surface area (Å²) in [5.41, 5.74) is 0.754. The van der Waals surface area contributed by atoms with E-state index in [2.05, 4.69) is 21.2 Å². The van der Waals surface area contributed by atoms with E-state index in [0.717, 1.165) is 36.0 Å². The van der Waals surface area contributed by atoms with Crippen molar-refractivity contribution in [3.63, 3.8) is 0 Å². The second kappa shape index (κ2) is 5.65. The maximum absolute atomic E-state index is 12.4. The number of nitrogens with one attached hydrogen (secondary N) is 1. The van der Waals surface area contributed by atoms with E-state index in [4.69, 9.17) is 0 Å². The molecule has 1 amide bonds. The van der Waals surface area contributed by atoms with Gasteiger partial charge in [-0.15, -0.1) is 0 Å². The van der Waals surface area contributed by atoms with Gasteiger partial charge >= 0.3 is 0 Å². The molecule has 1 heterocycles. The average molecular weight is 297 g/mol. The number of likely N-dealkylation sites (tertiary alicyclic amines) is 1. The van der Waals surface area contributed by atoms with Gasteiger partial charge in [0.2, 0.25) is 0 Å². The van der Waals surface area contributed by atoms with Crippen LogP contribution in [0.15, 0.2) is 28.7 Å². The number of carbonyl (C=O) groups is 1. The third kappa shape index (κ3) is 2.87. The molecule has 0 bridgehead atoms. The summed E-state index contributed by atoms with van der Waals surface area (Å²) in [6.07, 6.45) is 2.22. The highest BCUT2D eigenvalue weighted by molar-refractivity contribution is 9.10. The van der Waals surface area contributed by atoms with Crippen molar-refractivity contribution >= 4 is 21.8 Å². The SMILES string of the molecule is CN[C@H]1CCCN(C(=O)c2ccccc2Br)C1. The summed E-state index contributed by atoms with van der Waals surface area (Å²) in [7, 11) is 1.96. The number of likely N-dealkylation sites (N-methyl/N-ethyl adjacent to an activating group) is 1. The third-order valence-electron chi connectivity index (χ3n) is 3.22. The molecule has 1 saturated heterocycles. The molecule has 92 valence electrons. The van der Waals surface area contributed by atoms with Gasteiger partial charge in [0.1, 0.15) is 0 Å². The number of carbonyl (C=O) groups excluding carboxylic acids is 1. The molecule has 0 aliphatic carbocycles. The van der Waals surface area contributed by atoms with Gasteiger partial charge in [-0.25, -0.2) is 0 Å². The Hall–Kier alpha value is -0.870. The van der Waals surface area contributed by atoms with Gasteiger partial charge in [-0.2, -0.15) is 0 Å². The molecular formula is C13H17BrN2O. The van der Waals surface area contributed by atoms with Crippen LogP contribution in [0.3, 0.4) is 0 Å². The molecule has 1 aromatic rings. The number of piperidine rings is 1. The fourth-order valence-electron chi connectivity index (χ4n) is 2.20. The van der Waals surface area contributed by atoms with Gasteiger partial charge in [-0.1, -0.05) is 12.1 Å². The Morgan fingerprint density at radius 1 is 1.47 bits per heavy atom. The molecule has 0 unspecified atom stereocenters. The van der Waals surface area contributed by atoms with Crippen molar-refractivity contribution in [1.82, 2.24) is 10.2 Å². The molecule has 1 aliphatic rings. The molecule has 0 aromatic heterocycles. The zero-order valence-corrected chi connectivity index (χ0v) is 11.5. The van der Waals surface area contributed by atoms with Gasteiger partial charge in [0.25, 0.3) is 5.91 Å². The summed E-state index contributed by atoms with van der Waals surface area (Å²) >= 11 is 3.43. The number of amides is 1. The van der Waals surface area contributed by atoms with Crippen LogP contribution >= 0.6 is 15.9 Å². The van der Waals surface area contributed by atoms with E-state index in [9.17, 15) is 4.79 Å². The van der Waals surface area contributed by atoms with Crippen LogP contribution in [0.25, 0.3) is 0 Å². The molecular weight excluding hydrogens is 280 g/mol. The van der Waals surface area contributed by atoms with E-state index in [0.29, 0.717) is 6.04 Å². The van der Waals surface area contributed by atoms with Crippen LogP contribution in [0.2, 0.25) is 0 Å². The van der Waals surface area contributed by atoms with E-state index in [-0.39, 0.29) is 5.91 Å². The van der Waals surface area contributed by atoms with Crippen molar-refractivity contribution < 1.29 is 4.79 Å². The first-order valence-corrected chi connectivity index (χ1v) is 6.72. The van der Waals surface area contributed by atoms with Gasteiger partial charge in [0.05, 0.1) is 5.56 Å². The summed E-state index contributed by atoms with van der Waals surface area (Å²) in [6, 6.07) is 8.03. The Morgan fingerprint density at radius 2 is 2.24 bits per heavy atom. The molecule has 17 heavy (non-hydrogen) atoms. The predicted molar refractivity (Wildman–Crippen MR) is 72.1 cm³/mol. The molecule has 1 N–H and O–H groups in total. The molecule has 1 atom stereocenters. The standard InChI is InChI=1S/C13H17BrN2O/c1-15-10-5-4-8-16(9-10)13(17)11-6-2-3-7-12(11)14/h2-3,6-7,10,15H,4-5,8-9H2,1H3/t10-/m0/s1. The van der Waals surface area contributed by atoms with Crippen molar-refractivity contribution in [3.8, 4) is 0 Å². The van der Waals surface area contributed by atoms with Gasteiger partial charge in [0.15, 0.2) is 0 Å². The summed E-state index contributed by atoms with van der Waals surface area (Å²) in [4.78, 5) is 14.3. The molecule has 2 rings (SSSR count). The topological polar surface area (TPSA) is 32.3 Å². The van der Waals surface area contributed by atoms with E-state index in [1.807, 2.05) is 36.2 Å². The maximum Gasteiger partial charge on any atom is 0.255 e. The lowest BCUT2D eigenvalue weighted by atomic mass is 10.0. The molecule has 1 fully saturated rings. The molecule has 3 nitrogen and oxygen atoms in total. The molecule has 1 aliphatic heterocycles. The highest BCUT2D eigenvalue weighted by atomic mass is 79.9. The number of hydrogen-bond donors (Lipinski definition) is 1. The second-order valence-electron chi connectivity index (χ2n) is 4.36. The van der Waals surface area contributed by atoms with Crippen LogP contribution in [0, 0.1) is 0 Å². The van der Waals surface area contributed by atoms with Crippen molar-refractivity contribution in [2.45, 2.75) is 18.9 Å². The van der Waals surface area contributed by atoms with Gasteiger partial charge < -0.3 is 10.2 Å². The fraction of sp³-hybridized carbons (Fsp3) is 0.462. The first-order chi connectivity index (χ1) is 8.22.